The number of rotatable bonds is 5. The van der Waals surface area contributed by atoms with Crippen LogP contribution >= 0.6 is 11.3 Å². The maximum Gasteiger partial charge on any atom is 0.314 e. The predicted molar refractivity (Wildman–Crippen MR) is 145 cm³/mol. The Morgan fingerprint density at radius 1 is 1.05 bits per heavy atom. The Morgan fingerprint density at radius 2 is 1.81 bits per heavy atom. The van der Waals surface area contributed by atoms with E-state index in [9.17, 15) is 9.59 Å². The fraction of sp³-hybridized carbons (Fsp3) is 0.355. The number of esters is 1. The number of thiophene rings is 1. The van der Waals surface area contributed by atoms with Crippen LogP contribution in [0.25, 0.3) is 5.57 Å². The average molecular weight is 514 g/mol. The molecule has 4 unspecified atom stereocenters. The van der Waals surface area contributed by atoms with Crippen molar-refractivity contribution in [1.29, 1.82) is 0 Å². The Kier molecular flexibility index (Phi) is 5.57. The zero-order chi connectivity index (χ0) is 25.9. The second-order valence-corrected chi connectivity index (χ2v) is 11.8. The van der Waals surface area contributed by atoms with E-state index < -0.39 is 5.41 Å². The van der Waals surface area contributed by atoms with Crippen LogP contribution in [0.5, 0.6) is 5.75 Å². The summed E-state index contributed by atoms with van der Waals surface area (Å²) in [6.45, 7) is 7.09. The number of ether oxygens (including phenoxy) is 2. The van der Waals surface area contributed by atoms with Crippen LogP contribution in [-0.2, 0) is 19.7 Å². The van der Waals surface area contributed by atoms with Crippen LogP contribution in [0, 0.1) is 18.3 Å². The Hall–Kier alpha value is -3.38. The van der Waals surface area contributed by atoms with E-state index in [2.05, 4.69) is 49.9 Å². The summed E-state index contributed by atoms with van der Waals surface area (Å²) in [5, 5.41) is 0. The number of carbonyl (C=O) groups excluding carboxylic acids is 2. The monoisotopic (exact) mass is 513 g/mol. The maximum atomic E-state index is 14.0. The van der Waals surface area contributed by atoms with Crippen molar-refractivity contribution in [3.63, 3.8) is 0 Å². The molecule has 5 nitrogen and oxygen atoms in total. The molecular weight excluding hydrogens is 482 g/mol. The predicted octanol–water partition coefficient (Wildman–Crippen LogP) is 5.57. The normalized spacial score (nSPS) is 27.4. The number of fused-ring (bicyclic) bond motifs is 1. The summed E-state index contributed by atoms with van der Waals surface area (Å²) in [7, 11) is 3.07. The molecule has 4 atom stereocenters. The van der Waals surface area contributed by atoms with Gasteiger partial charge in [0.1, 0.15) is 5.75 Å². The van der Waals surface area contributed by atoms with Gasteiger partial charge in [0.2, 0.25) is 0 Å². The molecule has 7 rings (SSSR count). The maximum absolute atomic E-state index is 14.0. The van der Waals surface area contributed by atoms with Gasteiger partial charge < -0.3 is 14.4 Å². The smallest absolute Gasteiger partial charge is 0.314 e. The van der Waals surface area contributed by atoms with Gasteiger partial charge in [-0.2, -0.15) is 0 Å². The molecule has 0 spiro atoms. The highest BCUT2D eigenvalue weighted by Crippen LogP contribution is 2.69. The van der Waals surface area contributed by atoms with E-state index in [1.165, 1.54) is 28.0 Å². The Bertz CT molecular complexity index is 1430. The van der Waals surface area contributed by atoms with Gasteiger partial charge in [-0.1, -0.05) is 49.0 Å². The average Bonchev–Trinajstić information content (AvgIpc) is 3.58. The van der Waals surface area contributed by atoms with Gasteiger partial charge >= 0.3 is 5.97 Å². The van der Waals surface area contributed by atoms with Gasteiger partial charge in [0.05, 0.1) is 19.6 Å². The summed E-state index contributed by atoms with van der Waals surface area (Å²) in [4.78, 5) is 32.2. The van der Waals surface area contributed by atoms with Crippen molar-refractivity contribution in [3.05, 3.63) is 93.7 Å². The molecule has 6 heteroatoms. The second-order valence-electron chi connectivity index (χ2n) is 10.5. The molecule has 2 fully saturated rings. The van der Waals surface area contributed by atoms with Crippen LogP contribution < -0.4 is 4.74 Å². The number of hydrogen-bond acceptors (Lipinski definition) is 5. The van der Waals surface area contributed by atoms with Gasteiger partial charge in [0, 0.05) is 51.2 Å². The summed E-state index contributed by atoms with van der Waals surface area (Å²) in [6.07, 6.45) is 1.84. The second kappa shape index (κ2) is 8.59. The number of aryl methyl sites for hydroxylation is 1. The Morgan fingerprint density at radius 3 is 2.54 bits per heavy atom. The molecule has 4 aliphatic rings. The van der Waals surface area contributed by atoms with Crippen molar-refractivity contribution in [3.8, 4) is 5.75 Å². The molecule has 1 aromatic heterocycles. The van der Waals surface area contributed by atoms with Crippen LogP contribution in [-0.4, -0.2) is 44.1 Å². The third kappa shape index (κ3) is 3.14. The number of likely N-dealkylation sites (tertiary alicyclic amines) is 1. The zero-order valence-corrected chi connectivity index (χ0v) is 22.3. The summed E-state index contributed by atoms with van der Waals surface area (Å²) >= 11 is 1.80. The van der Waals surface area contributed by atoms with Gasteiger partial charge in [-0.25, -0.2) is 0 Å². The molecule has 190 valence electrons. The molecule has 1 aliphatic heterocycles. The number of nitrogens with zero attached hydrogens (tertiary/aromatic N) is 1. The van der Waals surface area contributed by atoms with Crippen molar-refractivity contribution >= 4 is 28.8 Å². The van der Waals surface area contributed by atoms with E-state index in [1.807, 2.05) is 29.2 Å². The van der Waals surface area contributed by atoms with E-state index in [1.54, 1.807) is 18.4 Å². The largest absolute Gasteiger partial charge is 0.496 e. The number of methoxy groups -OCH3 is 2. The standard InChI is InChI=1S/C31H31NO4S/c1-19-13-14-27(37-19)30-16-15-24(22-10-5-7-11-23(22)30)31(29(34)36-4)18-32(17-26(30)31)28(33)20(2)21-9-6-8-12-25(21)35-3/h5-14,24,26H,2,15-18H2,1,3-4H3. The lowest BCUT2D eigenvalue weighted by Gasteiger charge is -2.59. The fourth-order valence-electron chi connectivity index (χ4n) is 7.58. The molecule has 2 aromatic carbocycles. The van der Waals surface area contributed by atoms with Gasteiger partial charge in [0.25, 0.3) is 5.91 Å². The first kappa shape index (κ1) is 24.0. The highest BCUT2D eigenvalue weighted by Gasteiger charge is 2.71. The number of benzene rings is 2. The fourth-order valence-corrected chi connectivity index (χ4v) is 8.74. The molecule has 2 bridgehead atoms. The number of para-hydroxylation sites is 1. The highest BCUT2D eigenvalue weighted by molar-refractivity contribution is 7.12. The van der Waals surface area contributed by atoms with Gasteiger partial charge in [-0.05, 0) is 49.1 Å². The molecule has 1 amide bonds. The molecule has 2 heterocycles. The van der Waals surface area contributed by atoms with Crippen LogP contribution in [0.1, 0.15) is 45.2 Å². The van der Waals surface area contributed by atoms with Crippen LogP contribution in [0.2, 0.25) is 0 Å². The molecule has 37 heavy (non-hydrogen) atoms. The molecule has 1 saturated carbocycles. The minimum atomic E-state index is -0.810. The Balaban J connectivity index is 1.50. The number of carbonyl (C=O) groups is 2. The SMILES string of the molecule is C=C(C(=O)N1CC2C3(c4ccc(C)s4)CCC(c4ccccc43)C2(C(=O)OC)C1)c1ccccc1OC. The minimum Gasteiger partial charge on any atom is -0.496 e. The number of hydrogen-bond donors (Lipinski definition) is 0. The van der Waals surface area contributed by atoms with E-state index in [0.29, 0.717) is 30.0 Å². The first-order chi connectivity index (χ1) is 17.9. The molecule has 0 radical (unpaired) electrons. The van der Waals surface area contributed by atoms with E-state index in [0.717, 1.165) is 12.8 Å². The van der Waals surface area contributed by atoms with E-state index in [-0.39, 0.29) is 29.1 Å². The van der Waals surface area contributed by atoms with E-state index in [4.69, 9.17) is 9.47 Å². The van der Waals surface area contributed by atoms with E-state index >= 15 is 0 Å². The van der Waals surface area contributed by atoms with Crippen LogP contribution in [0.15, 0.2) is 67.2 Å². The molecule has 3 aliphatic carbocycles. The molecule has 1 saturated heterocycles. The summed E-state index contributed by atoms with van der Waals surface area (Å²) in [5.74, 6) is 0.142. The summed E-state index contributed by atoms with van der Waals surface area (Å²) in [6, 6.07) is 20.4. The quantitative estimate of drug-likeness (QED) is 0.331. The third-order valence-electron chi connectivity index (χ3n) is 9.06. The van der Waals surface area contributed by atoms with Gasteiger partial charge in [0.15, 0.2) is 0 Å². The Labute approximate surface area is 221 Å². The summed E-state index contributed by atoms with van der Waals surface area (Å²) < 4.78 is 11.0. The van der Waals surface area contributed by atoms with Crippen molar-refractivity contribution in [2.75, 3.05) is 27.3 Å². The van der Waals surface area contributed by atoms with Crippen LogP contribution in [0.3, 0.4) is 0 Å². The first-order valence-corrected chi connectivity index (χ1v) is 13.6. The number of amides is 1. The van der Waals surface area contributed by atoms with Crippen molar-refractivity contribution in [2.45, 2.75) is 31.1 Å². The van der Waals surface area contributed by atoms with Crippen molar-refractivity contribution < 1.29 is 19.1 Å². The molecule has 3 aromatic rings. The zero-order valence-electron chi connectivity index (χ0n) is 21.5. The van der Waals surface area contributed by atoms with Crippen LogP contribution in [0.4, 0.5) is 0 Å². The van der Waals surface area contributed by atoms with Gasteiger partial charge in [-0.15, -0.1) is 11.3 Å². The van der Waals surface area contributed by atoms with Gasteiger partial charge in [-0.3, -0.25) is 9.59 Å². The lowest BCUT2D eigenvalue weighted by atomic mass is 9.43. The topological polar surface area (TPSA) is 55.8 Å². The lowest BCUT2D eigenvalue weighted by molar-refractivity contribution is -0.161. The highest BCUT2D eigenvalue weighted by atomic mass is 32.1. The summed E-state index contributed by atoms with van der Waals surface area (Å²) in [5.41, 5.74) is 2.42. The lowest BCUT2D eigenvalue weighted by Crippen LogP contribution is -2.60. The third-order valence-corrected chi connectivity index (χ3v) is 10.2. The van der Waals surface area contributed by atoms with Crippen molar-refractivity contribution in [2.24, 2.45) is 11.3 Å². The molecular formula is C31H31NO4S. The molecule has 0 N–H and O–H groups in total. The first-order valence-electron chi connectivity index (χ1n) is 12.7. The van der Waals surface area contributed by atoms with Crippen molar-refractivity contribution in [1.82, 2.24) is 4.90 Å². The minimum absolute atomic E-state index is 0.00131.